The lowest BCUT2D eigenvalue weighted by Gasteiger charge is -2.20. The third-order valence-electron chi connectivity index (χ3n) is 4.03. The fraction of sp³-hybridized carbons (Fsp3) is 0.238. The molecule has 0 aromatic heterocycles. The summed E-state index contributed by atoms with van der Waals surface area (Å²) in [6.45, 7) is 6.93. The Morgan fingerprint density at radius 2 is 1.55 bits per heavy atom. The normalized spacial score (nSPS) is 13.2. The fourth-order valence-corrected chi connectivity index (χ4v) is 2.73. The van der Waals surface area contributed by atoms with Crippen LogP contribution in [-0.4, -0.2) is 34.5 Å². The van der Waals surface area contributed by atoms with E-state index in [1.807, 2.05) is 0 Å². The molecular weight excluding hydrogens is 376 g/mol. The molecule has 2 aromatic rings. The summed E-state index contributed by atoms with van der Waals surface area (Å²) >= 11 is 0. The van der Waals surface area contributed by atoms with Crippen molar-refractivity contribution in [3.05, 3.63) is 64.7 Å². The number of fused-ring (bicyclic) bond motifs is 1. The Morgan fingerprint density at radius 1 is 0.966 bits per heavy atom. The lowest BCUT2D eigenvalue weighted by atomic mass is 10.1. The zero-order valence-electron chi connectivity index (χ0n) is 16.4. The molecule has 1 heterocycles. The monoisotopic (exact) mass is 396 g/mol. The first-order valence-corrected chi connectivity index (χ1v) is 8.87. The van der Waals surface area contributed by atoms with Gasteiger partial charge < -0.3 is 9.57 Å². The lowest BCUT2D eigenvalue weighted by molar-refractivity contribution is -0.0584. The maximum absolute atomic E-state index is 12.4. The third-order valence-corrected chi connectivity index (χ3v) is 4.03. The van der Waals surface area contributed by atoms with E-state index in [4.69, 9.17) is 9.57 Å². The number of carbonyl (C=O) groups is 4. The minimum atomic E-state index is -0.869. The van der Waals surface area contributed by atoms with Gasteiger partial charge in [-0.1, -0.05) is 17.2 Å². The Balaban J connectivity index is 1.71. The molecule has 0 saturated carbocycles. The van der Waals surface area contributed by atoms with E-state index >= 15 is 0 Å². The average molecular weight is 396 g/mol. The molecule has 1 aliphatic rings. The standard InChI is InChI=1S/C21H20N2O6/c1-12-11-13(9-10-16(12)22-20(27)28-21(2,3)4)19(26)29-23-17(24)14-7-5-6-8-15(14)18(23)25/h5-11H,1-4H3,(H,22,27). The molecule has 0 atom stereocenters. The number of hydroxylamine groups is 2. The first-order chi connectivity index (χ1) is 13.6. The van der Waals surface area contributed by atoms with Gasteiger partial charge in [0, 0.05) is 5.69 Å². The van der Waals surface area contributed by atoms with Gasteiger partial charge in [-0.3, -0.25) is 14.9 Å². The fourth-order valence-electron chi connectivity index (χ4n) is 2.73. The van der Waals surface area contributed by atoms with Gasteiger partial charge in [0.2, 0.25) is 0 Å². The SMILES string of the molecule is Cc1cc(C(=O)ON2C(=O)c3ccccc3C2=O)ccc1NC(=O)OC(C)(C)C. The summed E-state index contributed by atoms with van der Waals surface area (Å²) in [4.78, 5) is 54.0. The van der Waals surface area contributed by atoms with Crippen molar-refractivity contribution in [2.75, 3.05) is 5.32 Å². The molecule has 2 aromatic carbocycles. The van der Waals surface area contributed by atoms with Crippen LogP contribution in [0.15, 0.2) is 42.5 Å². The van der Waals surface area contributed by atoms with Crippen molar-refractivity contribution in [2.24, 2.45) is 0 Å². The number of carbonyl (C=O) groups excluding carboxylic acids is 4. The molecule has 0 bridgehead atoms. The number of anilines is 1. The summed E-state index contributed by atoms with van der Waals surface area (Å²) in [7, 11) is 0. The molecule has 8 nitrogen and oxygen atoms in total. The van der Waals surface area contributed by atoms with Crippen LogP contribution in [0.2, 0.25) is 0 Å². The molecule has 150 valence electrons. The van der Waals surface area contributed by atoms with Crippen LogP contribution >= 0.6 is 0 Å². The quantitative estimate of drug-likeness (QED) is 0.794. The second-order valence-corrected chi connectivity index (χ2v) is 7.49. The Bertz CT molecular complexity index is 987. The molecule has 29 heavy (non-hydrogen) atoms. The number of imide groups is 1. The minimum Gasteiger partial charge on any atom is -0.444 e. The lowest BCUT2D eigenvalue weighted by Crippen LogP contribution is -2.32. The molecule has 1 aliphatic heterocycles. The number of hydrogen-bond donors (Lipinski definition) is 1. The van der Waals surface area contributed by atoms with E-state index in [0.717, 1.165) is 0 Å². The van der Waals surface area contributed by atoms with Crippen molar-refractivity contribution < 1.29 is 28.8 Å². The van der Waals surface area contributed by atoms with Gasteiger partial charge in [-0.2, -0.15) is 0 Å². The average Bonchev–Trinajstić information content (AvgIpc) is 2.87. The number of rotatable bonds is 3. The Labute approximate surface area is 167 Å². The predicted octanol–water partition coefficient (Wildman–Crippen LogP) is 3.71. The summed E-state index contributed by atoms with van der Waals surface area (Å²) in [5.41, 5.74) is 0.864. The number of ether oxygens (including phenoxy) is 1. The van der Waals surface area contributed by atoms with Crippen LogP contribution in [-0.2, 0) is 9.57 Å². The smallest absolute Gasteiger partial charge is 0.412 e. The molecule has 0 spiro atoms. The van der Waals surface area contributed by atoms with Gasteiger partial charge >= 0.3 is 12.1 Å². The highest BCUT2D eigenvalue weighted by Gasteiger charge is 2.38. The Kier molecular flexibility index (Phi) is 5.11. The molecule has 3 rings (SSSR count). The van der Waals surface area contributed by atoms with Crippen molar-refractivity contribution in [3.63, 3.8) is 0 Å². The highest BCUT2D eigenvalue weighted by atomic mass is 16.7. The van der Waals surface area contributed by atoms with Crippen molar-refractivity contribution >= 4 is 29.6 Å². The van der Waals surface area contributed by atoms with E-state index < -0.39 is 29.5 Å². The first-order valence-electron chi connectivity index (χ1n) is 8.87. The molecule has 0 radical (unpaired) electrons. The molecule has 0 saturated heterocycles. The molecule has 1 N–H and O–H groups in total. The summed E-state index contributed by atoms with van der Waals surface area (Å²) < 4.78 is 5.19. The van der Waals surface area contributed by atoms with Gasteiger partial charge in [0.1, 0.15) is 5.60 Å². The Morgan fingerprint density at radius 3 is 2.07 bits per heavy atom. The van der Waals surface area contributed by atoms with E-state index in [1.54, 1.807) is 39.8 Å². The summed E-state index contributed by atoms with van der Waals surface area (Å²) in [6, 6.07) is 10.6. The van der Waals surface area contributed by atoms with E-state index in [-0.39, 0.29) is 16.7 Å². The zero-order valence-corrected chi connectivity index (χ0v) is 16.4. The first kappa shape index (κ1) is 20.1. The van der Waals surface area contributed by atoms with Crippen LogP contribution in [0.25, 0.3) is 0 Å². The third kappa shape index (κ3) is 4.26. The van der Waals surface area contributed by atoms with E-state index in [0.29, 0.717) is 16.3 Å². The van der Waals surface area contributed by atoms with Crippen molar-refractivity contribution in [3.8, 4) is 0 Å². The number of amides is 3. The maximum Gasteiger partial charge on any atom is 0.412 e. The highest BCUT2D eigenvalue weighted by Crippen LogP contribution is 2.24. The van der Waals surface area contributed by atoms with Crippen molar-refractivity contribution in [1.29, 1.82) is 0 Å². The van der Waals surface area contributed by atoms with E-state index in [2.05, 4.69) is 5.32 Å². The predicted molar refractivity (Wildman–Crippen MR) is 103 cm³/mol. The van der Waals surface area contributed by atoms with Gasteiger partial charge in [0.15, 0.2) is 0 Å². The van der Waals surface area contributed by atoms with E-state index in [9.17, 15) is 19.2 Å². The second kappa shape index (κ2) is 7.38. The zero-order chi connectivity index (χ0) is 21.3. The van der Waals surface area contributed by atoms with Crippen LogP contribution in [0, 0.1) is 6.92 Å². The van der Waals surface area contributed by atoms with Gasteiger partial charge in [0.25, 0.3) is 11.8 Å². The topological polar surface area (TPSA) is 102 Å². The molecule has 0 unspecified atom stereocenters. The molecular formula is C21H20N2O6. The van der Waals surface area contributed by atoms with Crippen LogP contribution < -0.4 is 5.32 Å². The number of benzene rings is 2. The van der Waals surface area contributed by atoms with Gasteiger partial charge in [-0.05, 0) is 63.6 Å². The van der Waals surface area contributed by atoms with Crippen molar-refractivity contribution in [1.82, 2.24) is 5.06 Å². The number of nitrogens with zero attached hydrogens (tertiary/aromatic N) is 1. The van der Waals surface area contributed by atoms with Gasteiger partial charge in [0.05, 0.1) is 16.7 Å². The van der Waals surface area contributed by atoms with Crippen LogP contribution in [0.1, 0.15) is 57.4 Å². The molecule has 0 aliphatic carbocycles. The van der Waals surface area contributed by atoms with Crippen LogP contribution in [0.4, 0.5) is 10.5 Å². The van der Waals surface area contributed by atoms with Crippen LogP contribution in [0.3, 0.4) is 0 Å². The number of hydrogen-bond acceptors (Lipinski definition) is 6. The molecule has 0 fully saturated rings. The molecule has 8 heteroatoms. The molecule has 3 amide bonds. The minimum absolute atomic E-state index is 0.119. The number of aryl methyl sites for hydroxylation is 1. The van der Waals surface area contributed by atoms with Gasteiger partial charge in [-0.15, -0.1) is 0 Å². The summed E-state index contributed by atoms with van der Waals surface area (Å²) in [5, 5.41) is 3.05. The van der Waals surface area contributed by atoms with Gasteiger partial charge in [-0.25, -0.2) is 9.59 Å². The number of nitrogens with one attached hydrogen (secondary N) is 1. The van der Waals surface area contributed by atoms with Crippen LogP contribution in [0.5, 0.6) is 0 Å². The summed E-state index contributed by atoms with van der Waals surface area (Å²) in [5.74, 6) is -2.26. The maximum atomic E-state index is 12.4. The Hall–Kier alpha value is -3.68. The summed E-state index contributed by atoms with van der Waals surface area (Å²) in [6.07, 6.45) is -0.623. The van der Waals surface area contributed by atoms with Crippen molar-refractivity contribution in [2.45, 2.75) is 33.3 Å². The van der Waals surface area contributed by atoms with E-state index in [1.165, 1.54) is 30.3 Å². The largest absolute Gasteiger partial charge is 0.444 e. The highest BCUT2D eigenvalue weighted by molar-refractivity contribution is 6.21. The second-order valence-electron chi connectivity index (χ2n) is 7.49.